The second-order valence-electron chi connectivity index (χ2n) is 4.71. The number of nitrogens with zero attached hydrogens (tertiary/aromatic N) is 2. The fraction of sp³-hybridized carbons (Fsp3) is 0.533. The van der Waals surface area contributed by atoms with Gasteiger partial charge in [0, 0.05) is 29.8 Å². The first-order chi connectivity index (χ1) is 9.10. The van der Waals surface area contributed by atoms with Gasteiger partial charge in [-0.15, -0.1) is 0 Å². The van der Waals surface area contributed by atoms with Crippen molar-refractivity contribution >= 4 is 21.6 Å². The fourth-order valence-corrected chi connectivity index (χ4v) is 2.37. The van der Waals surface area contributed by atoms with Gasteiger partial charge in [-0.25, -0.2) is 0 Å². The van der Waals surface area contributed by atoms with Crippen LogP contribution in [0.25, 0.3) is 0 Å². The molecule has 0 heterocycles. The largest absolute Gasteiger partial charge is 0.373 e. The van der Waals surface area contributed by atoms with Crippen LogP contribution in [0.15, 0.2) is 22.7 Å². The smallest absolute Gasteiger partial charge is 0.0640 e. The highest BCUT2D eigenvalue weighted by molar-refractivity contribution is 9.10. The topological polar surface area (TPSA) is 39.1 Å². The third kappa shape index (κ3) is 4.85. The van der Waals surface area contributed by atoms with Gasteiger partial charge in [-0.1, -0.05) is 28.9 Å². The van der Waals surface area contributed by atoms with Gasteiger partial charge in [0.15, 0.2) is 0 Å². The van der Waals surface area contributed by atoms with Crippen LogP contribution in [0.1, 0.15) is 38.3 Å². The Morgan fingerprint density at radius 1 is 1.47 bits per heavy atom. The third-order valence-electron chi connectivity index (χ3n) is 3.13. The summed E-state index contributed by atoms with van der Waals surface area (Å²) in [4.78, 5) is 2.15. The van der Waals surface area contributed by atoms with Gasteiger partial charge in [0.1, 0.15) is 0 Å². The Morgan fingerprint density at radius 3 is 2.84 bits per heavy atom. The van der Waals surface area contributed by atoms with E-state index in [9.17, 15) is 0 Å². The number of hydrogen-bond donors (Lipinski definition) is 1. The number of benzene rings is 1. The number of nitrogens with one attached hydrogen (secondary N) is 1. The first kappa shape index (κ1) is 16.0. The lowest BCUT2D eigenvalue weighted by atomic mass is 10.0. The lowest BCUT2D eigenvalue weighted by Crippen LogP contribution is -2.24. The van der Waals surface area contributed by atoms with Crippen molar-refractivity contribution in [1.29, 1.82) is 5.26 Å². The van der Waals surface area contributed by atoms with Gasteiger partial charge in [-0.2, -0.15) is 5.26 Å². The molecule has 19 heavy (non-hydrogen) atoms. The van der Waals surface area contributed by atoms with Crippen LogP contribution in [-0.4, -0.2) is 20.1 Å². The van der Waals surface area contributed by atoms with Crippen molar-refractivity contribution in [3.63, 3.8) is 0 Å². The average Bonchev–Trinajstić information content (AvgIpc) is 2.41. The number of halogens is 1. The van der Waals surface area contributed by atoms with Gasteiger partial charge in [0.05, 0.1) is 12.5 Å². The summed E-state index contributed by atoms with van der Waals surface area (Å²) < 4.78 is 1.07. The minimum atomic E-state index is 0.313. The summed E-state index contributed by atoms with van der Waals surface area (Å²) in [5, 5.41) is 12.2. The van der Waals surface area contributed by atoms with Crippen LogP contribution in [0, 0.1) is 11.3 Å². The molecule has 0 fully saturated rings. The number of nitriles is 1. The van der Waals surface area contributed by atoms with E-state index in [1.54, 1.807) is 0 Å². The minimum absolute atomic E-state index is 0.313. The van der Waals surface area contributed by atoms with Gasteiger partial charge in [0.25, 0.3) is 0 Å². The molecule has 0 aromatic heterocycles. The predicted octanol–water partition coefficient (Wildman–Crippen LogP) is 3.86. The predicted molar refractivity (Wildman–Crippen MR) is 84.4 cm³/mol. The Bertz CT molecular complexity index is 440. The summed E-state index contributed by atoms with van der Waals surface area (Å²) in [6, 6.07) is 8.85. The molecule has 0 saturated carbocycles. The Labute approximate surface area is 124 Å². The van der Waals surface area contributed by atoms with E-state index in [4.69, 9.17) is 5.26 Å². The van der Waals surface area contributed by atoms with E-state index in [0.29, 0.717) is 12.5 Å². The highest BCUT2D eigenvalue weighted by Gasteiger charge is 2.13. The standard InChI is InChI=1S/C15H22BrN3/c1-4-9-18-12(2)14-7-6-13(16)11-15(14)19(3)10-5-8-17/h6-7,11-12,18H,4-5,9-10H2,1-3H3. The molecule has 1 N–H and O–H groups in total. The first-order valence-electron chi connectivity index (χ1n) is 6.71. The van der Waals surface area contributed by atoms with E-state index >= 15 is 0 Å². The molecule has 104 valence electrons. The molecule has 1 atom stereocenters. The van der Waals surface area contributed by atoms with Crippen LogP contribution in [0.2, 0.25) is 0 Å². The zero-order valence-corrected chi connectivity index (χ0v) is 13.5. The molecule has 3 nitrogen and oxygen atoms in total. The number of hydrogen-bond acceptors (Lipinski definition) is 3. The van der Waals surface area contributed by atoms with Gasteiger partial charge in [0.2, 0.25) is 0 Å². The molecule has 0 amide bonds. The maximum Gasteiger partial charge on any atom is 0.0640 e. The first-order valence-corrected chi connectivity index (χ1v) is 7.50. The highest BCUT2D eigenvalue weighted by atomic mass is 79.9. The molecule has 1 rings (SSSR count). The van der Waals surface area contributed by atoms with E-state index in [2.05, 4.69) is 64.3 Å². The summed E-state index contributed by atoms with van der Waals surface area (Å²) in [5.74, 6) is 0. The van der Waals surface area contributed by atoms with E-state index < -0.39 is 0 Å². The van der Waals surface area contributed by atoms with Crippen LogP contribution >= 0.6 is 15.9 Å². The monoisotopic (exact) mass is 323 g/mol. The van der Waals surface area contributed by atoms with E-state index in [0.717, 1.165) is 24.0 Å². The van der Waals surface area contributed by atoms with Gasteiger partial charge in [-0.3, -0.25) is 0 Å². The second-order valence-corrected chi connectivity index (χ2v) is 5.62. The number of rotatable bonds is 7. The van der Waals surface area contributed by atoms with Crippen molar-refractivity contribution in [3.8, 4) is 6.07 Å². The van der Waals surface area contributed by atoms with Gasteiger partial charge < -0.3 is 10.2 Å². The molecule has 1 aromatic carbocycles. The quantitative estimate of drug-likeness (QED) is 0.828. The van der Waals surface area contributed by atoms with Crippen molar-refractivity contribution in [2.75, 3.05) is 25.0 Å². The Morgan fingerprint density at radius 2 is 2.21 bits per heavy atom. The van der Waals surface area contributed by atoms with Crippen molar-refractivity contribution in [1.82, 2.24) is 5.32 Å². The van der Waals surface area contributed by atoms with Crippen LogP contribution in [0.4, 0.5) is 5.69 Å². The maximum atomic E-state index is 8.71. The summed E-state index contributed by atoms with van der Waals surface area (Å²) in [6.45, 7) is 6.11. The molecule has 0 aliphatic heterocycles. The van der Waals surface area contributed by atoms with E-state index in [1.165, 1.54) is 11.3 Å². The normalized spacial score (nSPS) is 11.9. The molecular formula is C15H22BrN3. The molecule has 0 spiro atoms. The zero-order valence-electron chi connectivity index (χ0n) is 11.9. The van der Waals surface area contributed by atoms with E-state index in [-0.39, 0.29) is 0 Å². The Kier molecular flexibility index (Phi) is 6.90. The lowest BCUT2D eigenvalue weighted by Gasteiger charge is -2.25. The molecule has 0 aliphatic rings. The summed E-state index contributed by atoms with van der Waals surface area (Å²) in [5.41, 5.74) is 2.46. The SMILES string of the molecule is CCCNC(C)c1ccc(Br)cc1N(C)CCC#N. The molecule has 4 heteroatoms. The van der Waals surface area contributed by atoms with Crippen molar-refractivity contribution in [3.05, 3.63) is 28.2 Å². The van der Waals surface area contributed by atoms with Crippen LogP contribution in [0.3, 0.4) is 0 Å². The van der Waals surface area contributed by atoms with Gasteiger partial charge >= 0.3 is 0 Å². The van der Waals surface area contributed by atoms with Crippen molar-refractivity contribution in [2.24, 2.45) is 0 Å². The summed E-state index contributed by atoms with van der Waals surface area (Å²) in [7, 11) is 2.04. The lowest BCUT2D eigenvalue weighted by molar-refractivity contribution is 0.570. The summed E-state index contributed by atoms with van der Waals surface area (Å²) >= 11 is 3.52. The zero-order chi connectivity index (χ0) is 14.3. The molecule has 1 aromatic rings. The van der Waals surface area contributed by atoms with Crippen molar-refractivity contribution in [2.45, 2.75) is 32.7 Å². The summed E-state index contributed by atoms with van der Waals surface area (Å²) in [6.07, 6.45) is 1.67. The fourth-order valence-electron chi connectivity index (χ4n) is 2.02. The van der Waals surface area contributed by atoms with Crippen molar-refractivity contribution < 1.29 is 0 Å². The minimum Gasteiger partial charge on any atom is -0.373 e. The average molecular weight is 324 g/mol. The van der Waals surface area contributed by atoms with Gasteiger partial charge in [-0.05, 0) is 37.6 Å². The van der Waals surface area contributed by atoms with Crippen LogP contribution in [-0.2, 0) is 0 Å². The molecule has 0 saturated heterocycles. The van der Waals surface area contributed by atoms with Crippen LogP contribution < -0.4 is 10.2 Å². The molecule has 0 bridgehead atoms. The van der Waals surface area contributed by atoms with Crippen LogP contribution in [0.5, 0.6) is 0 Å². The molecule has 0 radical (unpaired) electrons. The Hall–Kier alpha value is -1.05. The molecular weight excluding hydrogens is 302 g/mol. The second kappa shape index (κ2) is 8.19. The number of anilines is 1. The molecule has 0 aliphatic carbocycles. The highest BCUT2D eigenvalue weighted by Crippen LogP contribution is 2.29. The maximum absolute atomic E-state index is 8.71. The Balaban J connectivity index is 2.93. The van der Waals surface area contributed by atoms with E-state index in [1.807, 2.05) is 7.05 Å². The molecule has 1 unspecified atom stereocenters. The third-order valence-corrected chi connectivity index (χ3v) is 3.62.